The van der Waals surface area contributed by atoms with E-state index in [1.807, 2.05) is 4.90 Å². The third-order valence-electron chi connectivity index (χ3n) is 2.46. The summed E-state index contributed by atoms with van der Waals surface area (Å²) >= 11 is 0. The Kier molecular flexibility index (Phi) is 4.28. The van der Waals surface area contributed by atoms with Gasteiger partial charge in [-0.05, 0) is 19.4 Å². The molecule has 2 nitrogen and oxygen atoms in total. The Balaban J connectivity index is 2.31. The van der Waals surface area contributed by atoms with Gasteiger partial charge in [0.1, 0.15) is 6.29 Å². The Labute approximate surface area is 76.9 Å². The number of hydrogen-bond donors (Lipinski definition) is 0. The molecule has 1 rings (SSSR count). The number of nitrogens with zero attached hydrogens (tertiary/aromatic N) is 1. The van der Waals surface area contributed by atoms with Crippen molar-refractivity contribution in [1.29, 1.82) is 0 Å². The van der Waals surface area contributed by atoms with E-state index in [9.17, 15) is 13.6 Å². The maximum Gasteiger partial charge on any atom is 0.239 e. The zero-order valence-corrected chi connectivity index (χ0v) is 7.59. The summed E-state index contributed by atoms with van der Waals surface area (Å²) in [6, 6.07) is -0.118. The van der Waals surface area contributed by atoms with E-state index in [-0.39, 0.29) is 12.5 Å². The molecule has 1 unspecified atom stereocenters. The average Bonchev–Trinajstić information content (AvgIpc) is 2.15. The molecule has 0 aliphatic carbocycles. The van der Waals surface area contributed by atoms with Crippen molar-refractivity contribution in [3.05, 3.63) is 0 Å². The van der Waals surface area contributed by atoms with Gasteiger partial charge >= 0.3 is 0 Å². The van der Waals surface area contributed by atoms with Gasteiger partial charge in [-0.1, -0.05) is 6.42 Å². The van der Waals surface area contributed by atoms with Crippen molar-refractivity contribution in [3.8, 4) is 0 Å². The maximum absolute atomic E-state index is 11.9. The number of piperidine rings is 1. The molecule has 0 amide bonds. The first-order valence-electron chi connectivity index (χ1n) is 4.71. The fraction of sp³-hybridized carbons (Fsp3) is 0.889. The lowest BCUT2D eigenvalue weighted by molar-refractivity contribution is -0.113. The van der Waals surface area contributed by atoms with Crippen LogP contribution in [0.4, 0.5) is 8.78 Å². The number of halogens is 2. The Bertz CT molecular complexity index is 164. The molecule has 0 bridgehead atoms. The van der Waals surface area contributed by atoms with Gasteiger partial charge in [-0.3, -0.25) is 4.90 Å². The van der Waals surface area contributed by atoms with Gasteiger partial charge < -0.3 is 4.79 Å². The second-order valence-corrected chi connectivity index (χ2v) is 3.41. The van der Waals surface area contributed by atoms with Gasteiger partial charge in [0.25, 0.3) is 0 Å². The Hall–Kier alpha value is -0.510. The molecule has 1 fully saturated rings. The molecule has 1 aliphatic heterocycles. The van der Waals surface area contributed by atoms with Crippen LogP contribution in [0, 0.1) is 0 Å². The molecule has 0 aromatic heterocycles. The van der Waals surface area contributed by atoms with Crippen LogP contribution in [0.5, 0.6) is 0 Å². The molecule has 0 aromatic carbocycles. The number of carbonyl (C=O) groups excluding carboxylic acids is 1. The molecule has 0 saturated carbocycles. The molecule has 1 aliphatic rings. The van der Waals surface area contributed by atoms with Crippen molar-refractivity contribution < 1.29 is 13.6 Å². The summed E-state index contributed by atoms with van der Waals surface area (Å²) in [7, 11) is 0. The lowest BCUT2D eigenvalue weighted by Gasteiger charge is -2.31. The predicted molar refractivity (Wildman–Crippen MR) is 45.9 cm³/mol. The molecular weight excluding hydrogens is 176 g/mol. The van der Waals surface area contributed by atoms with Crippen LogP contribution in [-0.2, 0) is 4.79 Å². The van der Waals surface area contributed by atoms with Crippen LogP contribution in [0.3, 0.4) is 0 Å². The minimum atomic E-state index is -2.26. The number of rotatable bonds is 4. The lowest BCUT2D eigenvalue weighted by Crippen LogP contribution is -2.41. The van der Waals surface area contributed by atoms with Crippen molar-refractivity contribution in [1.82, 2.24) is 4.90 Å². The van der Waals surface area contributed by atoms with E-state index in [1.54, 1.807) is 0 Å². The Morgan fingerprint density at radius 1 is 1.46 bits per heavy atom. The monoisotopic (exact) mass is 191 g/mol. The molecule has 0 radical (unpaired) electrons. The molecule has 13 heavy (non-hydrogen) atoms. The van der Waals surface area contributed by atoms with E-state index < -0.39 is 6.43 Å². The maximum atomic E-state index is 11.9. The zero-order valence-electron chi connectivity index (χ0n) is 7.59. The van der Waals surface area contributed by atoms with Crippen molar-refractivity contribution in [3.63, 3.8) is 0 Å². The molecule has 0 spiro atoms. The predicted octanol–water partition coefficient (Wildman–Crippen LogP) is 1.70. The highest BCUT2D eigenvalue weighted by Crippen LogP contribution is 2.16. The third-order valence-corrected chi connectivity index (χ3v) is 2.46. The largest absolute Gasteiger partial charge is 0.302 e. The summed E-state index contributed by atoms with van der Waals surface area (Å²) in [5.74, 6) is 0. The SMILES string of the molecule is O=CC1CCCCN1CCC(F)F. The van der Waals surface area contributed by atoms with E-state index in [0.29, 0.717) is 6.54 Å². The van der Waals surface area contributed by atoms with E-state index in [1.165, 1.54) is 0 Å². The van der Waals surface area contributed by atoms with Gasteiger partial charge in [0, 0.05) is 13.0 Å². The Morgan fingerprint density at radius 3 is 2.85 bits per heavy atom. The minimum absolute atomic E-state index is 0.118. The standard InChI is InChI=1S/C9H15F2NO/c10-9(11)4-6-12-5-2-1-3-8(12)7-13/h7-9H,1-6H2. The fourth-order valence-electron chi connectivity index (χ4n) is 1.71. The smallest absolute Gasteiger partial charge is 0.239 e. The summed E-state index contributed by atoms with van der Waals surface area (Å²) in [5.41, 5.74) is 0. The number of carbonyl (C=O) groups is 1. The highest BCUT2D eigenvalue weighted by Gasteiger charge is 2.21. The van der Waals surface area contributed by atoms with Crippen LogP contribution in [0.1, 0.15) is 25.7 Å². The molecule has 0 aromatic rings. The number of likely N-dealkylation sites (tertiary alicyclic amines) is 1. The molecule has 1 atom stereocenters. The minimum Gasteiger partial charge on any atom is -0.302 e. The van der Waals surface area contributed by atoms with Crippen LogP contribution in [0.15, 0.2) is 0 Å². The van der Waals surface area contributed by atoms with E-state index in [0.717, 1.165) is 32.1 Å². The van der Waals surface area contributed by atoms with Crippen LogP contribution in [-0.4, -0.2) is 36.7 Å². The Morgan fingerprint density at radius 2 is 2.23 bits per heavy atom. The van der Waals surface area contributed by atoms with Crippen LogP contribution < -0.4 is 0 Å². The van der Waals surface area contributed by atoms with Crippen LogP contribution >= 0.6 is 0 Å². The van der Waals surface area contributed by atoms with E-state index in [2.05, 4.69) is 0 Å². The fourth-order valence-corrected chi connectivity index (χ4v) is 1.71. The first kappa shape index (κ1) is 10.6. The van der Waals surface area contributed by atoms with Gasteiger partial charge in [0.15, 0.2) is 0 Å². The first-order chi connectivity index (χ1) is 6.24. The van der Waals surface area contributed by atoms with Gasteiger partial charge in [-0.25, -0.2) is 8.78 Å². The summed E-state index contributed by atoms with van der Waals surface area (Å²) in [6.45, 7) is 1.14. The lowest BCUT2D eigenvalue weighted by atomic mass is 10.0. The van der Waals surface area contributed by atoms with Crippen molar-refractivity contribution in [2.45, 2.75) is 38.2 Å². The average molecular weight is 191 g/mol. The highest BCUT2D eigenvalue weighted by molar-refractivity contribution is 5.57. The zero-order chi connectivity index (χ0) is 9.68. The van der Waals surface area contributed by atoms with Gasteiger partial charge in [-0.15, -0.1) is 0 Å². The van der Waals surface area contributed by atoms with Crippen LogP contribution in [0.25, 0.3) is 0 Å². The van der Waals surface area contributed by atoms with Crippen LogP contribution in [0.2, 0.25) is 0 Å². The van der Waals surface area contributed by atoms with Gasteiger partial charge in [-0.2, -0.15) is 0 Å². The summed E-state index contributed by atoms with van der Waals surface area (Å²) in [6.07, 6.45) is 1.39. The van der Waals surface area contributed by atoms with Crippen molar-refractivity contribution in [2.75, 3.05) is 13.1 Å². The number of hydrogen-bond acceptors (Lipinski definition) is 2. The van der Waals surface area contributed by atoms with E-state index in [4.69, 9.17) is 0 Å². The molecular formula is C9H15F2NO. The second kappa shape index (κ2) is 5.27. The molecule has 0 N–H and O–H groups in total. The molecule has 76 valence electrons. The normalized spacial score (nSPS) is 25.0. The summed E-state index contributed by atoms with van der Waals surface area (Å²) in [4.78, 5) is 12.4. The van der Waals surface area contributed by atoms with Crippen molar-refractivity contribution in [2.24, 2.45) is 0 Å². The second-order valence-electron chi connectivity index (χ2n) is 3.41. The third kappa shape index (κ3) is 3.38. The highest BCUT2D eigenvalue weighted by atomic mass is 19.3. The molecule has 1 saturated heterocycles. The topological polar surface area (TPSA) is 20.3 Å². The number of aldehydes is 1. The van der Waals surface area contributed by atoms with Crippen molar-refractivity contribution >= 4 is 6.29 Å². The van der Waals surface area contributed by atoms with E-state index >= 15 is 0 Å². The van der Waals surface area contributed by atoms with Gasteiger partial charge in [0.05, 0.1) is 6.04 Å². The summed E-state index contributed by atoms with van der Waals surface area (Å²) in [5, 5.41) is 0. The molecule has 1 heterocycles. The quantitative estimate of drug-likeness (QED) is 0.630. The first-order valence-corrected chi connectivity index (χ1v) is 4.71. The number of alkyl halides is 2. The molecule has 4 heteroatoms. The van der Waals surface area contributed by atoms with Gasteiger partial charge in [0.2, 0.25) is 6.43 Å². The summed E-state index contributed by atoms with van der Waals surface area (Å²) < 4.78 is 23.8.